The number of benzene rings is 1. The Balaban J connectivity index is 1.66. The van der Waals surface area contributed by atoms with E-state index in [0.29, 0.717) is 5.41 Å². The van der Waals surface area contributed by atoms with Crippen LogP contribution < -0.4 is 0 Å². The van der Waals surface area contributed by atoms with Crippen LogP contribution in [0.25, 0.3) is 0 Å². The quantitative estimate of drug-likeness (QED) is 0.770. The van der Waals surface area contributed by atoms with Crippen molar-refractivity contribution in [3.63, 3.8) is 0 Å². The maximum Gasteiger partial charge on any atom is 0.254 e. The molecule has 0 atom stereocenters. The van der Waals surface area contributed by atoms with Crippen LogP contribution in [0.4, 0.5) is 0 Å². The summed E-state index contributed by atoms with van der Waals surface area (Å²) in [5.74, 6) is 0.154. The summed E-state index contributed by atoms with van der Waals surface area (Å²) in [5, 5.41) is 0. The molecule has 1 spiro atoms. The molecule has 2 fully saturated rings. The molecule has 3 rings (SSSR count). The highest BCUT2D eigenvalue weighted by Gasteiger charge is 2.36. The monoisotopic (exact) mass is 289 g/mol. The molecule has 1 aliphatic heterocycles. The average Bonchev–Trinajstić information content (AvgIpc) is 2.49. The molecule has 1 saturated heterocycles. The van der Waals surface area contributed by atoms with E-state index in [0.717, 1.165) is 23.5 Å². The molecule has 108 valence electrons. The van der Waals surface area contributed by atoms with E-state index in [1.807, 2.05) is 29.2 Å². The second-order valence-electron chi connectivity index (χ2n) is 6.37. The number of hydrogen-bond donors (Lipinski definition) is 1. The Kier molecular flexibility index (Phi) is 4.06. The van der Waals surface area contributed by atoms with Crippen LogP contribution in [-0.2, 0) is 0 Å². The summed E-state index contributed by atoms with van der Waals surface area (Å²) in [6.45, 7) is 1.84. The van der Waals surface area contributed by atoms with Crippen LogP contribution in [0.5, 0.6) is 0 Å². The van der Waals surface area contributed by atoms with Gasteiger partial charge in [0, 0.05) is 18.0 Å². The standard InChI is InChI=1S/C17H23NOS/c19-16(14-6-2-3-7-15(14)20)18-12-10-17(11-13-18)8-4-1-5-9-17/h2-3,6-7,20H,1,4-5,8-13H2. The van der Waals surface area contributed by atoms with Gasteiger partial charge in [-0.2, -0.15) is 0 Å². The maximum atomic E-state index is 12.6. The summed E-state index contributed by atoms with van der Waals surface area (Å²) in [6.07, 6.45) is 9.29. The normalized spacial score (nSPS) is 21.9. The van der Waals surface area contributed by atoms with Crippen molar-refractivity contribution in [3.8, 4) is 0 Å². The Morgan fingerprint density at radius 2 is 1.65 bits per heavy atom. The van der Waals surface area contributed by atoms with E-state index < -0.39 is 0 Å². The fraction of sp³-hybridized carbons (Fsp3) is 0.588. The first-order valence-corrected chi connectivity index (χ1v) is 8.22. The van der Waals surface area contributed by atoms with Crippen molar-refractivity contribution in [3.05, 3.63) is 29.8 Å². The van der Waals surface area contributed by atoms with Gasteiger partial charge >= 0.3 is 0 Å². The largest absolute Gasteiger partial charge is 0.339 e. The first-order valence-electron chi connectivity index (χ1n) is 7.78. The van der Waals surface area contributed by atoms with Gasteiger partial charge in [-0.1, -0.05) is 31.4 Å². The van der Waals surface area contributed by atoms with Crippen LogP contribution >= 0.6 is 12.6 Å². The summed E-state index contributed by atoms with van der Waals surface area (Å²) in [5.41, 5.74) is 1.30. The minimum Gasteiger partial charge on any atom is -0.339 e. The number of carbonyl (C=O) groups excluding carboxylic acids is 1. The Bertz CT molecular complexity index is 484. The van der Waals surface area contributed by atoms with Gasteiger partial charge in [0.25, 0.3) is 5.91 Å². The zero-order valence-corrected chi connectivity index (χ0v) is 12.9. The number of rotatable bonds is 1. The van der Waals surface area contributed by atoms with Crippen LogP contribution in [0, 0.1) is 5.41 Å². The summed E-state index contributed by atoms with van der Waals surface area (Å²) < 4.78 is 0. The van der Waals surface area contributed by atoms with Crippen molar-refractivity contribution in [2.45, 2.75) is 49.8 Å². The minimum atomic E-state index is 0.154. The van der Waals surface area contributed by atoms with Crippen molar-refractivity contribution in [2.24, 2.45) is 5.41 Å². The van der Waals surface area contributed by atoms with E-state index in [4.69, 9.17) is 0 Å². The zero-order valence-electron chi connectivity index (χ0n) is 12.0. The van der Waals surface area contributed by atoms with Gasteiger partial charge < -0.3 is 4.90 Å². The highest BCUT2D eigenvalue weighted by molar-refractivity contribution is 7.80. The summed E-state index contributed by atoms with van der Waals surface area (Å²) in [6, 6.07) is 7.62. The molecule has 1 aromatic carbocycles. The number of carbonyl (C=O) groups is 1. The molecule has 0 radical (unpaired) electrons. The van der Waals surface area contributed by atoms with E-state index in [1.165, 1.54) is 44.9 Å². The molecular weight excluding hydrogens is 266 g/mol. The number of piperidine rings is 1. The average molecular weight is 289 g/mol. The lowest BCUT2D eigenvalue weighted by molar-refractivity contribution is 0.0469. The second-order valence-corrected chi connectivity index (χ2v) is 6.85. The molecule has 1 amide bonds. The van der Waals surface area contributed by atoms with Crippen molar-refractivity contribution >= 4 is 18.5 Å². The molecule has 2 aliphatic rings. The highest BCUT2D eigenvalue weighted by Crippen LogP contribution is 2.44. The van der Waals surface area contributed by atoms with E-state index >= 15 is 0 Å². The number of nitrogens with zero attached hydrogens (tertiary/aromatic N) is 1. The molecule has 20 heavy (non-hydrogen) atoms. The Morgan fingerprint density at radius 3 is 2.30 bits per heavy atom. The van der Waals surface area contributed by atoms with Gasteiger partial charge in [-0.25, -0.2) is 0 Å². The summed E-state index contributed by atoms with van der Waals surface area (Å²) >= 11 is 4.40. The molecule has 0 unspecified atom stereocenters. The van der Waals surface area contributed by atoms with E-state index in [1.54, 1.807) is 0 Å². The molecule has 0 bridgehead atoms. The second kappa shape index (κ2) is 5.80. The fourth-order valence-electron chi connectivity index (χ4n) is 3.81. The van der Waals surface area contributed by atoms with Gasteiger partial charge in [-0.05, 0) is 43.2 Å². The third-order valence-electron chi connectivity index (χ3n) is 5.16. The first kappa shape index (κ1) is 14.0. The Morgan fingerprint density at radius 1 is 1.00 bits per heavy atom. The Labute approximate surface area is 127 Å². The third-order valence-corrected chi connectivity index (χ3v) is 5.55. The highest BCUT2D eigenvalue weighted by atomic mass is 32.1. The van der Waals surface area contributed by atoms with Crippen molar-refractivity contribution in [2.75, 3.05) is 13.1 Å². The third kappa shape index (κ3) is 2.73. The van der Waals surface area contributed by atoms with E-state index in [9.17, 15) is 4.79 Å². The van der Waals surface area contributed by atoms with Crippen LogP contribution in [0.15, 0.2) is 29.2 Å². The molecule has 0 aromatic heterocycles. The zero-order chi connectivity index (χ0) is 14.0. The van der Waals surface area contributed by atoms with Crippen LogP contribution in [-0.4, -0.2) is 23.9 Å². The topological polar surface area (TPSA) is 20.3 Å². The fourth-order valence-corrected chi connectivity index (χ4v) is 4.07. The number of likely N-dealkylation sites (tertiary alicyclic amines) is 1. The molecule has 1 aliphatic carbocycles. The smallest absolute Gasteiger partial charge is 0.254 e. The predicted octanol–water partition coefficient (Wildman–Crippen LogP) is 4.16. The summed E-state index contributed by atoms with van der Waals surface area (Å²) in [7, 11) is 0. The van der Waals surface area contributed by atoms with Gasteiger partial charge in [0.1, 0.15) is 0 Å². The molecule has 1 saturated carbocycles. The molecule has 1 aromatic rings. The molecule has 1 heterocycles. The molecule has 2 nitrogen and oxygen atoms in total. The van der Waals surface area contributed by atoms with Crippen molar-refractivity contribution < 1.29 is 4.79 Å². The van der Waals surface area contributed by atoms with Crippen LogP contribution in [0.1, 0.15) is 55.3 Å². The number of amides is 1. The first-order chi connectivity index (χ1) is 9.70. The van der Waals surface area contributed by atoms with E-state index in [-0.39, 0.29) is 5.91 Å². The van der Waals surface area contributed by atoms with Gasteiger partial charge in [0.2, 0.25) is 0 Å². The lowest BCUT2D eigenvalue weighted by atomic mass is 9.68. The van der Waals surface area contributed by atoms with Crippen LogP contribution in [0.2, 0.25) is 0 Å². The van der Waals surface area contributed by atoms with Crippen molar-refractivity contribution in [1.82, 2.24) is 4.90 Å². The van der Waals surface area contributed by atoms with Gasteiger partial charge in [0.05, 0.1) is 5.56 Å². The number of hydrogen-bond acceptors (Lipinski definition) is 2. The molecule has 0 N–H and O–H groups in total. The lowest BCUT2D eigenvalue weighted by Crippen LogP contribution is -2.44. The van der Waals surface area contributed by atoms with Gasteiger partial charge in [0.15, 0.2) is 0 Å². The Hall–Kier alpha value is -0.960. The summed E-state index contributed by atoms with van der Waals surface area (Å²) in [4.78, 5) is 15.4. The maximum absolute atomic E-state index is 12.6. The van der Waals surface area contributed by atoms with Crippen LogP contribution in [0.3, 0.4) is 0 Å². The van der Waals surface area contributed by atoms with Crippen molar-refractivity contribution in [1.29, 1.82) is 0 Å². The minimum absolute atomic E-state index is 0.154. The number of thiol groups is 1. The lowest BCUT2D eigenvalue weighted by Gasteiger charge is -2.44. The SMILES string of the molecule is O=C(c1ccccc1S)N1CCC2(CCCCC2)CC1. The predicted molar refractivity (Wildman–Crippen MR) is 84.3 cm³/mol. The molecule has 3 heteroatoms. The van der Waals surface area contributed by atoms with Gasteiger partial charge in [-0.3, -0.25) is 4.79 Å². The van der Waals surface area contributed by atoms with E-state index in [2.05, 4.69) is 12.6 Å². The molecular formula is C17H23NOS. The van der Waals surface area contributed by atoms with Gasteiger partial charge in [-0.15, -0.1) is 12.6 Å².